The van der Waals surface area contributed by atoms with Crippen LogP contribution in [0.3, 0.4) is 0 Å². The van der Waals surface area contributed by atoms with E-state index in [4.69, 9.17) is 9.47 Å². The van der Waals surface area contributed by atoms with Crippen LogP contribution in [-0.4, -0.2) is 27.7 Å². The molecule has 2 aromatic heterocycles. The Morgan fingerprint density at radius 1 is 1.29 bits per heavy atom. The Kier molecular flexibility index (Phi) is 5.03. The van der Waals surface area contributed by atoms with E-state index in [9.17, 15) is 9.59 Å². The van der Waals surface area contributed by atoms with Gasteiger partial charge in [-0.2, -0.15) is 9.61 Å². The molecule has 0 bridgehead atoms. The molecule has 2 heterocycles. The van der Waals surface area contributed by atoms with E-state index in [1.807, 2.05) is 0 Å². The van der Waals surface area contributed by atoms with Gasteiger partial charge in [0, 0.05) is 17.6 Å². The van der Waals surface area contributed by atoms with Gasteiger partial charge in [0.1, 0.15) is 11.6 Å². The summed E-state index contributed by atoms with van der Waals surface area (Å²) in [6.45, 7) is 0.222. The molecule has 9 heteroatoms. The SMILES string of the molecule is COCc1nn2c(=O)cc(COC(=O)c3ccc(Br)cc3)nc2s1. The fraction of sp³-hybridized carbons (Fsp3) is 0.200. The summed E-state index contributed by atoms with van der Waals surface area (Å²) in [6, 6.07) is 8.11. The fourth-order valence-corrected chi connectivity index (χ4v) is 3.11. The molecule has 3 aromatic rings. The van der Waals surface area contributed by atoms with Crippen molar-refractivity contribution in [1.82, 2.24) is 14.6 Å². The minimum atomic E-state index is -0.478. The third kappa shape index (κ3) is 3.69. The van der Waals surface area contributed by atoms with Crippen LogP contribution in [0, 0.1) is 0 Å². The first-order chi connectivity index (χ1) is 11.6. The van der Waals surface area contributed by atoms with Gasteiger partial charge in [0.15, 0.2) is 0 Å². The van der Waals surface area contributed by atoms with Crippen molar-refractivity contribution in [2.45, 2.75) is 13.2 Å². The number of methoxy groups -OCH3 is 1. The van der Waals surface area contributed by atoms with E-state index in [0.717, 1.165) is 4.47 Å². The molecule has 0 saturated heterocycles. The predicted molar refractivity (Wildman–Crippen MR) is 91.1 cm³/mol. The number of rotatable bonds is 5. The molecule has 0 N–H and O–H groups in total. The van der Waals surface area contributed by atoms with Gasteiger partial charge in [0.25, 0.3) is 5.56 Å². The molecule has 0 aliphatic heterocycles. The number of ether oxygens (including phenoxy) is 2. The average Bonchev–Trinajstić information content (AvgIpc) is 2.97. The summed E-state index contributed by atoms with van der Waals surface area (Å²) in [7, 11) is 1.55. The van der Waals surface area contributed by atoms with Gasteiger partial charge < -0.3 is 9.47 Å². The highest BCUT2D eigenvalue weighted by Crippen LogP contribution is 2.14. The lowest BCUT2D eigenvalue weighted by atomic mass is 10.2. The Balaban J connectivity index is 1.76. The first kappa shape index (κ1) is 16.7. The number of fused-ring (bicyclic) bond motifs is 1. The number of halogens is 1. The average molecular weight is 410 g/mol. The second kappa shape index (κ2) is 7.20. The standard InChI is InChI=1S/C15H12BrN3O4S/c1-22-8-12-18-19-13(20)6-11(17-15(19)24-12)7-23-14(21)9-2-4-10(16)5-3-9/h2-6H,7-8H2,1H3. The Morgan fingerprint density at radius 3 is 2.75 bits per heavy atom. The minimum absolute atomic E-state index is 0.0852. The van der Waals surface area contributed by atoms with Crippen molar-refractivity contribution < 1.29 is 14.3 Å². The highest BCUT2D eigenvalue weighted by molar-refractivity contribution is 9.10. The van der Waals surface area contributed by atoms with E-state index in [2.05, 4.69) is 26.0 Å². The second-order valence-corrected chi connectivity index (χ2v) is 6.75. The van der Waals surface area contributed by atoms with E-state index in [1.54, 1.807) is 31.4 Å². The molecule has 3 rings (SSSR count). The summed E-state index contributed by atoms with van der Waals surface area (Å²) in [5.74, 6) is -0.478. The molecule has 0 atom stereocenters. The molecule has 0 saturated carbocycles. The Hall–Kier alpha value is -2.10. The molecule has 1 aromatic carbocycles. The molecule has 0 amide bonds. The van der Waals surface area contributed by atoms with Crippen LogP contribution in [0.1, 0.15) is 21.1 Å². The topological polar surface area (TPSA) is 82.8 Å². The third-order valence-corrected chi connectivity index (χ3v) is 4.45. The van der Waals surface area contributed by atoms with Crippen molar-refractivity contribution in [2.24, 2.45) is 0 Å². The van der Waals surface area contributed by atoms with Crippen LogP contribution in [0.5, 0.6) is 0 Å². The lowest BCUT2D eigenvalue weighted by Crippen LogP contribution is -2.16. The van der Waals surface area contributed by atoms with Crippen LogP contribution in [0.4, 0.5) is 0 Å². The monoisotopic (exact) mass is 409 g/mol. The molecule has 7 nitrogen and oxygen atoms in total. The number of esters is 1. The second-order valence-electron chi connectivity index (χ2n) is 4.79. The fourth-order valence-electron chi connectivity index (χ4n) is 1.96. The normalized spacial score (nSPS) is 10.9. The summed E-state index contributed by atoms with van der Waals surface area (Å²) in [5, 5.41) is 4.76. The minimum Gasteiger partial charge on any atom is -0.456 e. The molecular formula is C15H12BrN3O4S. The van der Waals surface area contributed by atoms with Crippen LogP contribution in [-0.2, 0) is 22.7 Å². The number of nitrogens with zero attached hydrogens (tertiary/aromatic N) is 3. The number of benzene rings is 1. The Bertz CT molecular complexity index is 936. The largest absolute Gasteiger partial charge is 0.456 e. The zero-order valence-corrected chi connectivity index (χ0v) is 15.0. The molecule has 0 radical (unpaired) electrons. The van der Waals surface area contributed by atoms with Crippen molar-refractivity contribution in [2.75, 3.05) is 7.11 Å². The van der Waals surface area contributed by atoms with Crippen molar-refractivity contribution in [3.63, 3.8) is 0 Å². The lowest BCUT2D eigenvalue weighted by molar-refractivity contribution is 0.0467. The van der Waals surface area contributed by atoms with E-state index in [0.29, 0.717) is 27.8 Å². The lowest BCUT2D eigenvalue weighted by Gasteiger charge is -2.04. The summed E-state index contributed by atoms with van der Waals surface area (Å²) < 4.78 is 12.3. The van der Waals surface area contributed by atoms with Crippen LogP contribution in [0.2, 0.25) is 0 Å². The van der Waals surface area contributed by atoms with Gasteiger partial charge in [-0.3, -0.25) is 4.79 Å². The number of carbonyl (C=O) groups is 1. The quantitative estimate of drug-likeness (QED) is 0.601. The molecule has 0 unspecified atom stereocenters. The van der Waals surface area contributed by atoms with Gasteiger partial charge in [-0.05, 0) is 24.3 Å². The van der Waals surface area contributed by atoms with Crippen molar-refractivity contribution >= 4 is 38.2 Å². The molecule has 0 aliphatic rings. The first-order valence-corrected chi connectivity index (χ1v) is 8.48. The number of hydrogen-bond acceptors (Lipinski definition) is 7. The van der Waals surface area contributed by atoms with Crippen LogP contribution in [0.25, 0.3) is 4.96 Å². The molecule has 0 aliphatic carbocycles. The summed E-state index contributed by atoms with van der Waals surface area (Å²) >= 11 is 4.55. The Morgan fingerprint density at radius 2 is 2.04 bits per heavy atom. The molecule has 0 fully saturated rings. The zero-order chi connectivity index (χ0) is 17.1. The number of carbonyl (C=O) groups excluding carboxylic acids is 1. The Labute approximate surface area is 149 Å². The maximum absolute atomic E-state index is 12.0. The predicted octanol–water partition coefficient (Wildman–Crippen LogP) is 2.42. The van der Waals surface area contributed by atoms with Gasteiger partial charge >= 0.3 is 5.97 Å². The van der Waals surface area contributed by atoms with Gasteiger partial charge in [-0.25, -0.2) is 9.78 Å². The van der Waals surface area contributed by atoms with Crippen molar-refractivity contribution in [1.29, 1.82) is 0 Å². The highest BCUT2D eigenvalue weighted by atomic mass is 79.9. The highest BCUT2D eigenvalue weighted by Gasteiger charge is 2.11. The van der Waals surface area contributed by atoms with E-state index < -0.39 is 5.97 Å². The molecule has 0 spiro atoms. The van der Waals surface area contributed by atoms with Crippen LogP contribution >= 0.6 is 27.3 Å². The van der Waals surface area contributed by atoms with Crippen molar-refractivity contribution in [3.05, 3.63) is 61.4 Å². The zero-order valence-electron chi connectivity index (χ0n) is 12.6. The number of hydrogen-bond donors (Lipinski definition) is 0. The first-order valence-electron chi connectivity index (χ1n) is 6.87. The van der Waals surface area contributed by atoms with Gasteiger partial charge in [0.2, 0.25) is 4.96 Å². The molecule has 24 heavy (non-hydrogen) atoms. The smallest absolute Gasteiger partial charge is 0.338 e. The maximum Gasteiger partial charge on any atom is 0.338 e. The molecule has 124 valence electrons. The summed E-state index contributed by atoms with van der Waals surface area (Å²) in [5.41, 5.74) is 0.475. The van der Waals surface area contributed by atoms with E-state index in [-0.39, 0.29) is 12.2 Å². The van der Waals surface area contributed by atoms with E-state index >= 15 is 0 Å². The molecular weight excluding hydrogens is 398 g/mol. The maximum atomic E-state index is 12.0. The van der Waals surface area contributed by atoms with Crippen LogP contribution < -0.4 is 5.56 Å². The van der Waals surface area contributed by atoms with Crippen molar-refractivity contribution in [3.8, 4) is 0 Å². The van der Waals surface area contributed by atoms with E-state index in [1.165, 1.54) is 21.9 Å². The third-order valence-electron chi connectivity index (χ3n) is 3.04. The van der Waals surface area contributed by atoms with Gasteiger partial charge in [0.05, 0.1) is 17.9 Å². The summed E-state index contributed by atoms with van der Waals surface area (Å²) in [4.78, 5) is 28.8. The van der Waals surface area contributed by atoms with Gasteiger partial charge in [-0.1, -0.05) is 27.3 Å². The van der Waals surface area contributed by atoms with Crippen LogP contribution in [0.15, 0.2) is 39.6 Å². The summed E-state index contributed by atoms with van der Waals surface area (Å²) in [6.07, 6.45) is 0. The number of aromatic nitrogens is 3. The van der Waals surface area contributed by atoms with Gasteiger partial charge in [-0.15, -0.1) is 0 Å².